The van der Waals surface area contributed by atoms with E-state index in [1.54, 1.807) is 27.7 Å². The Kier molecular flexibility index (Phi) is 9.69. The number of hydrogen-bond acceptors (Lipinski definition) is 6. The van der Waals surface area contributed by atoms with Gasteiger partial charge in [0.05, 0.1) is 18.2 Å². The van der Waals surface area contributed by atoms with E-state index in [2.05, 4.69) is 5.32 Å². The van der Waals surface area contributed by atoms with Gasteiger partial charge in [0.25, 0.3) is 0 Å². The Bertz CT molecular complexity index is 428. The first-order valence-corrected chi connectivity index (χ1v) is 7.64. The molecule has 0 rings (SSSR count). The lowest BCUT2D eigenvalue weighted by atomic mass is 10.1. The number of amides is 1. The highest BCUT2D eigenvalue weighted by Crippen LogP contribution is 2.04. The fraction of sp³-hybridized carbons (Fsp3) is 0.688. The lowest BCUT2D eigenvalue weighted by molar-refractivity contribution is -0.143. The summed E-state index contributed by atoms with van der Waals surface area (Å²) in [6.45, 7) is 10.6. The Labute approximate surface area is 137 Å². The van der Waals surface area contributed by atoms with Crippen molar-refractivity contribution in [1.29, 1.82) is 0 Å². The van der Waals surface area contributed by atoms with Crippen LogP contribution in [0.5, 0.6) is 0 Å². The van der Waals surface area contributed by atoms with Crippen LogP contribution in [0, 0.1) is 5.92 Å². The molecular formula is C16H27NO6. The van der Waals surface area contributed by atoms with Crippen molar-refractivity contribution in [3.8, 4) is 0 Å². The van der Waals surface area contributed by atoms with Gasteiger partial charge >= 0.3 is 18.0 Å². The molecular weight excluding hydrogens is 302 g/mol. The summed E-state index contributed by atoms with van der Waals surface area (Å²) in [5.74, 6) is -1.26. The van der Waals surface area contributed by atoms with Gasteiger partial charge in [0.1, 0.15) is 6.61 Å². The molecule has 0 unspecified atom stereocenters. The van der Waals surface area contributed by atoms with Crippen LogP contribution in [0.3, 0.4) is 0 Å². The van der Waals surface area contributed by atoms with Crippen molar-refractivity contribution in [3.05, 3.63) is 12.2 Å². The van der Waals surface area contributed by atoms with Crippen molar-refractivity contribution in [2.45, 2.75) is 59.8 Å². The third kappa shape index (κ3) is 11.2. The van der Waals surface area contributed by atoms with Gasteiger partial charge in [-0.3, -0.25) is 0 Å². The smallest absolute Gasteiger partial charge is 0.407 e. The lowest BCUT2D eigenvalue weighted by Gasteiger charge is -2.22. The number of rotatable bonds is 8. The predicted octanol–water partition coefficient (Wildman–Crippen LogP) is 2.20. The molecule has 0 aliphatic carbocycles. The molecule has 0 aromatic rings. The van der Waals surface area contributed by atoms with Gasteiger partial charge in [-0.05, 0) is 33.6 Å². The standard InChI is InChI=1S/C16H27NO6/c1-10(2)13(17-16(20)23-12(5)6)9-21-14(18)7-8-15(19)22-11(3)4/h7-8,10-13H,9H2,1-6H3,(H,17,20)/b8-7+/t13-/m1/s1. The molecule has 1 N–H and O–H groups in total. The Morgan fingerprint density at radius 2 is 1.39 bits per heavy atom. The lowest BCUT2D eigenvalue weighted by Crippen LogP contribution is -2.43. The highest BCUT2D eigenvalue weighted by molar-refractivity contribution is 5.91. The zero-order valence-electron chi connectivity index (χ0n) is 14.6. The zero-order valence-corrected chi connectivity index (χ0v) is 14.6. The van der Waals surface area contributed by atoms with Gasteiger partial charge in [-0.1, -0.05) is 13.8 Å². The van der Waals surface area contributed by atoms with Crippen LogP contribution in [0.25, 0.3) is 0 Å². The molecule has 1 atom stereocenters. The molecule has 0 saturated heterocycles. The molecule has 0 aliphatic rings. The monoisotopic (exact) mass is 329 g/mol. The average molecular weight is 329 g/mol. The second-order valence-electron chi connectivity index (χ2n) is 5.90. The predicted molar refractivity (Wildman–Crippen MR) is 84.7 cm³/mol. The topological polar surface area (TPSA) is 90.9 Å². The van der Waals surface area contributed by atoms with E-state index in [-0.39, 0.29) is 30.8 Å². The zero-order chi connectivity index (χ0) is 18.0. The molecule has 0 saturated carbocycles. The number of hydrogen-bond donors (Lipinski definition) is 1. The van der Waals surface area contributed by atoms with Crippen LogP contribution in [0.2, 0.25) is 0 Å². The van der Waals surface area contributed by atoms with Crippen LogP contribution < -0.4 is 5.32 Å². The number of esters is 2. The van der Waals surface area contributed by atoms with Crippen molar-refractivity contribution < 1.29 is 28.6 Å². The van der Waals surface area contributed by atoms with Crippen LogP contribution >= 0.6 is 0 Å². The Morgan fingerprint density at radius 3 is 1.87 bits per heavy atom. The fourth-order valence-electron chi connectivity index (χ4n) is 1.43. The van der Waals surface area contributed by atoms with Crippen LogP contribution in [0.4, 0.5) is 4.79 Å². The molecule has 132 valence electrons. The molecule has 7 heteroatoms. The van der Waals surface area contributed by atoms with Crippen molar-refractivity contribution in [2.24, 2.45) is 5.92 Å². The van der Waals surface area contributed by atoms with Crippen LogP contribution in [0.1, 0.15) is 41.5 Å². The summed E-state index contributed by atoms with van der Waals surface area (Å²) >= 11 is 0. The third-order valence-electron chi connectivity index (χ3n) is 2.56. The van der Waals surface area contributed by atoms with Gasteiger partial charge in [-0.25, -0.2) is 14.4 Å². The third-order valence-corrected chi connectivity index (χ3v) is 2.56. The summed E-state index contributed by atoms with van der Waals surface area (Å²) in [4.78, 5) is 34.4. The molecule has 7 nitrogen and oxygen atoms in total. The van der Waals surface area contributed by atoms with Gasteiger partial charge in [-0.2, -0.15) is 0 Å². The highest BCUT2D eigenvalue weighted by atomic mass is 16.6. The van der Waals surface area contributed by atoms with E-state index in [1.165, 1.54) is 0 Å². The van der Waals surface area contributed by atoms with Crippen LogP contribution in [-0.4, -0.2) is 42.9 Å². The van der Waals surface area contributed by atoms with Gasteiger partial charge in [0, 0.05) is 12.2 Å². The summed E-state index contributed by atoms with van der Waals surface area (Å²) in [6.07, 6.45) is 0.942. The quantitative estimate of drug-likeness (QED) is 0.417. The molecule has 1 amide bonds. The van der Waals surface area contributed by atoms with Gasteiger partial charge < -0.3 is 19.5 Å². The minimum absolute atomic E-state index is 0.0206. The Morgan fingerprint density at radius 1 is 0.870 bits per heavy atom. The van der Waals surface area contributed by atoms with Crippen molar-refractivity contribution in [2.75, 3.05) is 6.61 Å². The summed E-state index contributed by atoms with van der Waals surface area (Å²) in [7, 11) is 0. The van der Waals surface area contributed by atoms with Crippen molar-refractivity contribution in [3.63, 3.8) is 0 Å². The van der Waals surface area contributed by atoms with E-state index in [0.29, 0.717) is 0 Å². The first-order chi connectivity index (χ1) is 10.6. The average Bonchev–Trinajstić information content (AvgIpc) is 2.39. The van der Waals surface area contributed by atoms with E-state index in [1.807, 2.05) is 13.8 Å². The summed E-state index contributed by atoms with van der Waals surface area (Å²) in [5.41, 5.74) is 0. The van der Waals surface area contributed by atoms with Gasteiger partial charge in [0.2, 0.25) is 0 Å². The number of alkyl carbamates (subject to hydrolysis) is 1. The van der Waals surface area contributed by atoms with Crippen LogP contribution in [0.15, 0.2) is 12.2 Å². The van der Waals surface area contributed by atoms with Crippen molar-refractivity contribution in [1.82, 2.24) is 5.32 Å². The molecule has 0 heterocycles. The normalized spacial score (nSPS) is 12.6. The second-order valence-corrected chi connectivity index (χ2v) is 5.90. The number of nitrogens with one attached hydrogen (secondary N) is 1. The van der Waals surface area contributed by atoms with E-state index in [9.17, 15) is 14.4 Å². The molecule has 0 fully saturated rings. The molecule has 0 bridgehead atoms. The fourth-order valence-corrected chi connectivity index (χ4v) is 1.43. The van der Waals surface area contributed by atoms with E-state index in [0.717, 1.165) is 12.2 Å². The molecule has 0 aliphatic heterocycles. The Hall–Kier alpha value is -2.05. The van der Waals surface area contributed by atoms with Crippen LogP contribution in [-0.2, 0) is 23.8 Å². The molecule has 0 aromatic carbocycles. The number of carbonyl (C=O) groups excluding carboxylic acids is 3. The number of ether oxygens (including phenoxy) is 3. The maximum atomic E-state index is 11.6. The molecule has 0 radical (unpaired) electrons. The minimum atomic E-state index is -0.685. The van der Waals surface area contributed by atoms with Gasteiger partial charge in [-0.15, -0.1) is 0 Å². The highest BCUT2D eigenvalue weighted by Gasteiger charge is 2.19. The maximum Gasteiger partial charge on any atom is 0.407 e. The molecule has 23 heavy (non-hydrogen) atoms. The largest absolute Gasteiger partial charge is 0.460 e. The maximum absolute atomic E-state index is 11.6. The summed E-state index contributed by atoms with van der Waals surface area (Å²) < 4.78 is 14.9. The second kappa shape index (κ2) is 10.6. The summed E-state index contributed by atoms with van der Waals surface area (Å²) in [5, 5.41) is 2.64. The molecule has 0 aromatic heterocycles. The minimum Gasteiger partial charge on any atom is -0.460 e. The number of carbonyl (C=O) groups is 3. The summed E-state index contributed by atoms with van der Waals surface area (Å²) in [6, 6.07) is -0.388. The first-order valence-electron chi connectivity index (χ1n) is 7.64. The SMILES string of the molecule is CC(C)OC(=O)/C=C/C(=O)OC[C@@H](NC(=O)OC(C)C)C(C)C. The Balaban J connectivity index is 4.36. The van der Waals surface area contributed by atoms with Gasteiger partial charge in [0.15, 0.2) is 0 Å². The molecule has 0 spiro atoms. The first kappa shape index (κ1) is 20.9. The van der Waals surface area contributed by atoms with E-state index in [4.69, 9.17) is 14.2 Å². The van der Waals surface area contributed by atoms with Crippen molar-refractivity contribution >= 4 is 18.0 Å². The van der Waals surface area contributed by atoms with E-state index < -0.39 is 18.0 Å². The van der Waals surface area contributed by atoms with E-state index >= 15 is 0 Å².